The summed E-state index contributed by atoms with van der Waals surface area (Å²) in [6.45, 7) is 4.04. The lowest BCUT2D eigenvalue weighted by atomic mass is 9.81. The maximum Gasteiger partial charge on any atom is 0.334 e. The molecule has 1 aromatic heterocycles. The third-order valence-corrected chi connectivity index (χ3v) is 5.32. The van der Waals surface area contributed by atoms with E-state index >= 15 is 0 Å². The van der Waals surface area contributed by atoms with Crippen LogP contribution in [0.15, 0.2) is 36.1 Å². The second-order valence-electron chi connectivity index (χ2n) is 6.03. The number of aromatic nitrogens is 1. The molecule has 116 valence electrons. The van der Waals surface area contributed by atoms with Gasteiger partial charge in [0, 0.05) is 12.8 Å². The number of carbonyl (C=O) groups is 1. The molecule has 0 spiro atoms. The molecule has 0 saturated heterocycles. The van der Waals surface area contributed by atoms with Crippen molar-refractivity contribution >= 4 is 27.5 Å². The topological polar surface area (TPSA) is 59.4 Å². The highest BCUT2D eigenvalue weighted by molar-refractivity contribution is 7.18. The molecule has 5 heteroatoms. The molecule has 0 bridgehead atoms. The molecule has 0 saturated carbocycles. The second-order valence-corrected chi connectivity index (χ2v) is 7.14. The van der Waals surface area contributed by atoms with Crippen molar-refractivity contribution in [3.05, 3.63) is 41.1 Å². The van der Waals surface area contributed by atoms with Crippen LogP contribution in [0.4, 0.5) is 0 Å². The summed E-state index contributed by atoms with van der Waals surface area (Å²) < 4.78 is 6.77. The van der Waals surface area contributed by atoms with Gasteiger partial charge in [-0.1, -0.05) is 26.0 Å². The summed E-state index contributed by atoms with van der Waals surface area (Å²) >= 11 is 1.67. The molecule has 0 fully saturated rings. The fraction of sp³-hybridized carbons (Fsp3) is 0.412. The standard InChI is InChI=1S/C17H19NO3S/c1-11(2)17(10-12(19)9-16(20)21-17)8-7-15-18-13-5-3-4-6-14(13)22-15/h3-6,9,11,19H,7-8,10H2,1-2H3. The van der Waals surface area contributed by atoms with Crippen LogP contribution in [0.25, 0.3) is 10.2 Å². The van der Waals surface area contributed by atoms with Gasteiger partial charge in [-0.3, -0.25) is 0 Å². The molecule has 0 radical (unpaired) electrons. The average molecular weight is 317 g/mol. The van der Waals surface area contributed by atoms with Gasteiger partial charge in [0.25, 0.3) is 0 Å². The Labute approximate surface area is 133 Å². The zero-order valence-corrected chi connectivity index (χ0v) is 13.5. The van der Waals surface area contributed by atoms with Crippen LogP contribution in [0.1, 0.15) is 31.7 Å². The number of cyclic esters (lactones) is 1. The van der Waals surface area contributed by atoms with Crippen LogP contribution < -0.4 is 0 Å². The maximum absolute atomic E-state index is 11.7. The number of aliphatic hydroxyl groups excluding tert-OH is 1. The Bertz CT molecular complexity index is 701. The number of carbonyl (C=O) groups excluding carboxylic acids is 1. The van der Waals surface area contributed by atoms with Gasteiger partial charge in [-0.25, -0.2) is 9.78 Å². The lowest BCUT2D eigenvalue weighted by Crippen LogP contribution is -2.43. The quantitative estimate of drug-likeness (QED) is 0.866. The predicted octanol–water partition coefficient (Wildman–Crippen LogP) is 4.01. The summed E-state index contributed by atoms with van der Waals surface area (Å²) in [6, 6.07) is 8.05. The fourth-order valence-electron chi connectivity index (χ4n) is 2.85. The van der Waals surface area contributed by atoms with E-state index in [1.165, 1.54) is 4.70 Å². The molecule has 1 unspecified atom stereocenters. The molecule has 2 aromatic rings. The van der Waals surface area contributed by atoms with Crippen molar-refractivity contribution in [3.8, 4) is 0 Å². The number of hydrogen-bond donors (Lipinski definition) is 1. The highest BCUT2D eigenvalue weighted by Crippen LogP contribution is 2.37. The number of aliphatic hydroxyl groups is 1. The SMILES string of the molecule is CC(C)C1(CCc2nc3ccccc3s2)CC(O)=CC(=O)O1. The summed E-state index contributed by atoms with van der Waals surface area (Å²) in [5.74, 6) is -0.224. The van der Waals surface area contributed by atoms with Crippen LogP contribution in [0.5, 0.6) is 0 Å². The number of para-hydroxylation sites is 1. The Hall–Kier alpha value is -1.88. The van der Waals surface area contributed by atoms with Crippen molar-refractivity contribution in [2.75, 3.05) is 0 Å². The molecule has 3 rings (SSSR count). The number of aryl methyl sites for hydroxylation is 1. The first kappa shape index (κ1) is 15.0. The number of thiazole rings is 1. The monoisotopic (exact) mass is 317 g/mol. The predicted molar refractivity (Wildman–Crippen MR) is 86.9 cm³/mol. The highest BCUT2D eigenvalue weighted by atomic mass is 32.1. The number of ether oxygens (including phenoxy) is 1. The van der Waals surface area contributed by atoms with Crippen LogP contribution in [0.3, 0.4) is 0 Å². The van der Waals surface area contributed by atoms with Crippen molar-refractivity contribution in [1.82, 2.24) is 4.98 Å². The van der Waals surface area contributed by atoms with Crippen LogP contribution in [-0.2, 0) is 16.0 Å². The third-order valence-electron chi connectivity index (χ3n) is 4.22. The molecule has 1 aliphatic rings. The summed E-state index contributed by atoms with van der Waals surface area (Å²) in [5, 5.41) is 10.9. The summed E-state index contributed by atoms with van der Waals surface area (Å²) in [7, 11) is 0. The van der Waals surface area contributed by atoms with Crippen molar-refractivity contribution in [2.45, 2.75) is 38.7 Å². The molecule has 2 heterocycles. The van der Waals surface area contributed by atoms with Crippen molar-refractivity contribution < 1.29 is 14.6 Å². The van der Waals surface area contributed by atoms with Crippen molar-refractivity contribution in [2.24, 2.45) is 5.92 Å². The van der Waals surface area contributed by atoms with Crippen LogP contribution in [-0.4, -0.2) is 21.7 Å². The van der Waals surface area contributed by atoms with E-state index in [1.807, 2.05) is 32.0 Å². The van der Waals surface area contributed by atoms with Gasteiger partial charge < -0.3 is 9.84 Å². The third kappa shape index (κ3) is 2.86. The Morgan fingerprint density at radius 3 is 2.86 bits per heavy atom. The number of hydrogen-bond acceptors (Lipinski definition) is 5. The Balaban J connectivity index is 1.80. The minimum Gasteiger partial charge on any atom is -0.512 e. The molecule has 1 aliphatic heterocycles. The van der Waals surface area contributed by atoms with Gasteiger partial charge in [0.15, 0.2) is 0 Å². The molecular formula is C17H19NO3S. The molecule has 0 amide bonds. The van der Waals surface area contributed by atoms with E-state index in [2.05, 4.69) is 11.1 Å². The van der Waals surface area contributed by atoms with E-state index in [9.17, 15) is 9.90 Å². The minimum atomic E-state index is -0.645. The smallest absolute Gasteiger partial charge is 0.334 e. The van der Waals surface area contributed by atoms with E-state index in [-0.39, 0.29) is 11.7 Å². The van der Waals surface area contributed by atoms with E-state index in [0.29, 0.717) is 12.8 Å². The molecule has 4 nitrogen and oxygen atoms in total. The Kier molecular flexibility index (Phi) is 3.91. The lowest BCUT2D eigenvalue weighted by Gasteiger charge is -2.38. The molecule has 1 atom stereocenters. The van der Waals surface area contributed by atoms with Crippen molar-refractivity contribution in [3.63, 3.8) is 0 Å². The summed E-state index contributed by atoms with van der Waals surface area (Å²) in [6.07, 6.45) is 2.94. The largest absolute Gasteiger partial charge is 0.512 e. The number of rotatable bonds is 4. The van der Waals surface area contributed by atoms with Gasteiger partial charge in [0.1, 0.15) is 11.4 Å². The first-order chi connectivity index (χ1) is 10.5. The number of fused-ring (bicyclic) bond motifs is 1. The normalized spacial score (nSPS) is 22.0. The van der Waals surface area contributed by atoms with E-state index < -0.39 is 11.6 Å². The van der Waals surface area contributed by atoms with Gasteiger partial charge in [0.05, 0.1) is 21.3 Å². The maximum atomic E-state index is 11.7. The molecular weight excluding hydrogens is 298 g/mol. The summed E-state index contributed by atoms with van der Waals surface area (Å²) in [5.41, 5.74) is 0.359. The van der Waals surface area contributed by atoms with E-state index in [4.69, 9.17) is 4.74 Å². The van der Waals surface area contributed by atoms with Crippen LogP contribution >= 0.6 is 11.3 Å². The van der Waals surface area contributed by atoms with Gasteiger partial charge >= 0.3 is 5.97 Å². The fourth-order valence-corrected chi connectivity index (χ4v) is 3.82. The second kappa shape index (κ2) is 5.72. The first-order valence-corrected chi connectivity index (χ1v) is 8.27. The zero-order valence-electron chi connectivity index (χ0n) is 12.7. The van der Waals surface area contributed by atoms with Crippen molar-refractivity contribution in [1.29, 1.82) is 0 Å². The number of esters is 1. The first-order valence-electron chi connectivity index (χ1n) is 7.45. The van der Waals surface area contributed by atoms with E-state index in [1.54, 1.807) is 11.3 Å². The molecule has 1 aromatic carbocycles. The van der Waals surface area contributed by atoms with Gasteiger partial charge in [0.2, 0.25) is 0 Å². The summed E-state index contributed by atoms with van der Waals surface area (Å²) in [4.78, 5) is 16.3. The Morgan fingerprint density at radius 1 is 1.41 bits per heavy atom. The molecule has 0 aliphatic carbocycles. The Morgan fingerprint density at radius 2 is 2.18 bits per heavy atom. The minimum absolute atomic E-state index is 0.106. The highest BCUT2D eigenvalue weighted by Gasteiger charge is 2.41. The van der Waals surface area contributed by atoms with Gasteiger partial charge in [-0.05, 0) is 24.5 Å². The number of benzene rings is 1. The van der Waals surface area contributed by atoms with Crippen LogP contribution in [0, 0.1) is 5.92 Å². The zero-order chi connectivity index (χ0) is 15.7. The lowest BCUT2D eigenvalue weighted by molar-refractivity contribution is -0.163. The van der Waals surface area contributed by atoms with Crippen LogP contribution in [0.2, 0.25) is 0 Å². The number of nitrogens with zero attached hydrogens (tertiary/aromatic N) is 1. The van der Waals surface area contributed by atoms with E-state index in [0.717, 1.165) is 23.0 Å². The molecule has 1 N–H and O–H groups in total. The van der Waals surface area contributed by atoms with Gasteiger partial charge in [-0.2, -0.15) is 0 Å². The van der Waals surface area contributed by atoms with Gasteiger partial charge in [-0.15, -0.1) is 11.3 Å². The molecule has 22 heavy (non-hydrogen) atoms. The average Bonchev–Trinajstić information content (AvgIpc) is 2.87.